The first-order valence-electron chi connectivity index (χ1n) is 11.5. The third-order valence-corrected chi connectivity index (χ3v) is 5.64. The summed E-state index contributed by atoms with van der Waals surface area (Å²) in [4.78, 5) is 26.7. The highest BCUT2D eigenvalue weighted by Gasteiger charge is 2.17. The van der Waals surface area contributed by atoms with Crippen molar-refractivity contribution in [3.8, 4) is 28.3 Å². The van der Waals surface area contributed by atoms with Crippen LogP contribution < -0.4 is 10.4 Å². The second-order valence-corrected chi connectivity index (χ2v) is 8.13. The summed E-state index contributed by atoms with van der Waals surface area (Å²) >= 11 is 0. The molecule has 0 aliphatic carbocycles. The zero-order chi connectivity index (χ0) is 23.8. The van der Waals surface area contributed by atoms with Gasteiger partial charge in [0, 0.05) is 24.1 Å². The van der Waals surface area contributed by atoms with Crippen LogP contribution >= 0.6 is 0 Å². The van der Waals surface area contributed by atoms with Crippen molar-refractivity contribution in [2.75, 3.05) is 6.61 Å². The van der Waals surface area contributed by atoms with Gasteiger partial charge in [-0.05, 0) is 37.0 Å². The van der Waals surface area contributed by atoms with Gasteiger partial charge in [-0.15, -0.1) is 0 Å². The molecule has 2 N–H and O–H groups in total. The molecule has 34 heavy (non-hydrogen) atoms. The highest BCUT2D eigenvalue weighted by molar-refractivity contribution is 5.78. The lowest BCUT2D eigenvalue weighted by molar-refractivity contribution is -0.137. The Morgan fingerprint density at radius 2 is 1.59 bits per heavy atom. The summed E-state index contributed by atoms with van der Waals surface area (Å²) in [6.45, 7) is 0.952. The van der Waals surface area contributed by atoms with Gasteiger partial charge in [-0.2, -0.15) is 0 Å². The number of aliphatic carboxylic acids is 1. The lowest BCUT2D eigenvalue weighted by atomic mass is 10.0. The largest absolute Gasteiger partial charge is 0.494 e. The second kappa shape index (κ2) is 11.2. The van der Waals surface area contributed by atoms with Crippen molar-refractivity contribution < 1.29 is 14.6 Å². The number of aryl methyl sites for hydroxylation is 1. The van der Waals surface area contributed by atoms with Crippen LogP contribution in [0.15, 0.2) is 89.7 Å². The molecule has 0 unspecified atom stereocenters. The van der Waals surface area contributed by atoms with E-state index in [9.17, 15) is 9.59 Å². The van der Waals surface area contributed by atoms with Crippen LogP contribution in [0.3, 0.4) is 0 Å². The molecule has 4 aromatic rings. The number of nitrogens with zero attached hydrogens (tertiary/aromatic N) is 1. The van der Waals surface area contributed by atoms with Crippen LogP contribution in [0, 0.1) is 0 Å². The number of H-pyrrole nitrogens is 1. The summed E-state index contributed by atoms with van der Waals surface area (Å²) < 4.78 is 7.51. The third kappa shape index (κ3) is 5.84. The fourth-order valence-electron chi connectivity index (χ4n) is 4.04. The van der Waals surface area contributed by atoms with Gasteiger partial charge >= 0.3 is 11.7 Å². The number of carbonyl (C=O) groups is 1. The van der Waals surface area contributed by atoms with E-state index < -0.39 is 5.97 Å². The number of ether oxygens (including phenoxy) is 1. The Bertz CT molecular complexity index is 1280. The van der Waals surface area contributed by atoms with Crippen LogP contribution in [0.5, 0.6) is 5.75 Å². The van der Waals surface area contributed by atoms with Gasteiger partial charge in [0.2, 0.25) is 0 Å². The number of aromatic amines is 1. The first-order chi connectivity index (χ1) is 16.6. The maximum Gasteiger partial charge on any atom is 0.326 e. The Morgan fingerprint density at radius 3 is 2.29 bits per heavy atom. The van der Waals surface area contributed by atoms with Crippen LogP contribution in [0.25, 0.3) is 22.5 Å². The average Bonchev–Trinajstić information content (AvgIpc) is 3.19. The average molecular weight is 457 g/mol. The molecule has 6 heteroatoms. The summed E-state index contributed by atoms with van der Waals surface area (Å²) in [6, 6.07) is 27.7. The van der Waals surface area contributed by atoms with Gasteiger partial charge < -0.3 is 14.8 Å². The zero-order valence-electron chi connectivity index (χ0n) is 18.9. The third-order valence-electron chi connectivity index (χ3n) is 5.64. The highest BCUT2D eigenvalue weighted by atomic mass is 16.5. The molecule has 0 atom stereocenters. The quantitative estimate of drug-likeness (QED) is 0.297. The number of carboxylic acid groups (broad SMARTS) is 1. The van der Waals surface area contributed by atoms with Crippen LogP contribution in [0.2, 0.25) is 0 Å². The Balaban J connectivity index is 1.49. The van der Waals surface area contributed by atoms with E-state index in [-0.39, 0.29) is 12.1 Å². The fraction of sp³-hybridized carbons (Fsp3) is 0.214. The Kier molecular flexibility index (Phi) is 7.60. The van der Waals surface area contributed by atoms with Crippen LogP contribution in [-0.2, 0) is 17.8 Å². The standard InChI is InChI=1S/C28H28N2O4/c31-25(32)17-9-19-34-24-16-7-10-21(20-24)11-8-18-30-27(23-14-5-2-6-15-23)26(29-28(30)33)22-12-3-1-4-13-22/h1-7,10,12-16,20H,8-9,11,17-19H2,(H,29,33)(H,31,32). The molecule has 0 fully saturated rings. The minimum Gasteiger partial charge on any atom is -0.494 e. The summed E-state index contributed by atoms with van der Waals surface area (Å²) in [7, 11) is 0. The zero-order valence-corrected chi connectivity index (χ0v) is 18.9. The predicted molar refractivity (Wildman–Crippen MR) is 133 cm³/mol. The molecule has 0 saturated carbocycles. The minimum absolute atomic E-state index is 0.0970. The summed E-state index contributed by atoms with van der Waals surface area (Å²) in [5.74, 6) is -0.0827. The van der Waals surface area contributed by atoms with Crippen LogP contribution in [-0.4, -0.2) is 27.2 Å². The van der Waals surface area contributed by atoms with Crippen molar-refractivity contribution in [1.29, 1.82) is 0 Å². The van der Waals surface area contributed by atoms with Crippen molar-refractivity contribution in [3.63, 3.8) is 0 Å². The molecule has 6 nitrogen and oxygen atoms in total. The van der Waals surface area contributed by atoms with E-state index in [0.717, 1.165) is 46.7 Å². The molecular weight excluding hydrogens is 428 g/mol. The summed E-state index contributed by atoms with van der Waals surface area (Å²) in [5.41, 5.74) is 4.69. The van der Waals surface area contributed by atoms with Gasteiger partial charge in [0.25, 0.3) is 0 Å². The maximum atomic E-state index is 12.9. The minimum atomic E-state index is -0.817. The number of imidazole rings is 1. The molecule has 0 aliphatic heterocycles. The number of hydrogen-bond acceptors (Lipinski definition) is 3. The SMILES string of the molecule is O=C(O)CCCOc1cccc(CCCn2c(-c3ccccc3)c(-c3ccccc3)[nH]c2=O)c1. The Labute approximate surface area is 198 Å². The first kappa shape index (κ1) is 23.1. The number of rotatable bonds is 11. The number of benzene rings is 3. The molecule has 0 aliphatic rings. The Morgan fingerprint density at radius 1 is 0.882 bits per heavy atom. The van der Waals surface area contributed by atoms with Crippen LogP contribution in [0.4, 0.5) is 0 Å². The van der Waals surface area contributed by atoms with E-state index in [1.54, 1.807) is 0 Å². The smallest absolute Gasteiger partial charge is 0.326 e. The van der Waals surface area contributed by atoms with E-state index >= 15 is 0 Å². The highest BCUT2D eigenvalue weighted by Crippen LogP contribution is 2.30. The van der Waals surface area contributed by atoms with E-state index in [0.29, 0.717) is 19.6 Å². The number of hydrogen-bond donors (Lipinski definition) is 2. The van der Waals surface area contributed by atoms with Gasteiger partial charge in [-0.25, -0.2) is 4.79 Å². The molecule has 1 heterocycles. The molecule has 4 rings (SSSR count). The molecule has 0 amide bonds. The van der Waals surface area contributed by atoms with E-state index in [1.165, 1.54) is 0 Å². The van der Waals surface area contributed by atoms with E-state index in [1.807, 2.05) is 89.5 Å². The van der Waals surface area contributed by atoms with Crippen molar-refractivity contribution in [2.24, 2.45) is 0 Å². The van der Waals surface area contributed by atoms with E-state index in [4.69, 9.17) is 9.84 Å². The molecular formula is C28H28N2O4. The normalized spacial score (nSPS) is 10.8. The lowest BCUT2D eigenvalue weighted by Gasteiger charge is -2.11. The lowest BCUT2D eigenvalue weighted by Crippen LogP contribution is -2.18. The second-order valence-electron chi connectivity index (χ2n) is 8.13. The Hall–Kier alpha value is -4.06. The predicted octanol–water partition coefficient (Wildman–Crippen LogP) is 5.39. The summed E-state index contributed by atoms with van der Waals surface area (Å²) in [5, 5.41) is 8.74. The number of carboxylic acids is 1. The number of nitrogens with one attached hydrogen (secondary N) is 1. The molecule has 1 aromatic heterocycles. The topological polar surface area (TPSA) is 84.3 Å². The summed E-state index contributed by atoms with van der Waals surface area (Å²) in [6.07, 6.45) is 2.15. The van der Waals surface area contributed by atoms with Crippen molar-refractivity contribution in [1.82, 2.24) is 9.55 Å². The van der Waals surface area contributed by atoms with Gasteiger partial charge in [-0.3, -0.25) is 9.36 Å². The number of aromatic nitrogens is 2. The van der Waals surface area contributed by atoms with Gasteiger partial charge in [0.1, 0.15) is 5.75 Å². The van der Waals surface area contributed by atoms with Gasteiger partial charge in [-0.1, -0.05) is 72.8 Å². The molecule has 0 spiro atoms. The first-order valence-corrected chi connectivity index (χ1v) is 11.5. The van der Waals surface area contributed by atoms with Gasteiger partial charge in [0.05, 0.1) is 18.0 Å². The molecule has 0 saturated heterocycles. The molecule has 3 aromatic carbocycles. The molecule has 174 valence electrons. The van der Waals surface area contributed by atoms with Crippen molar-refractivity contribution in [2.45, 2.75) is 32.2 Å². The van der Waals surface area contributed by atoms with Gasteiger partial charge in [0.15, 0.2) is 0 Å². The molecule has 0 radical (unpaired) electrons. The van der Waals surface area contributed by atoms with E-state index in [2.05, 4.69) is 4.98 Å². The monoisotopic (exact) mass is 456 g/mol. The van der Waals surface area contributed by atoms with Crippen molar-refractivity contribution >= 4 is 5.97 Å². The van der Waals surface area contributed by atoms with Crippen molar-refractivity contribution in [3.05, 3.63) is 101 Å². The maximum absolute atomic E-state index is 12.9. The van der Waals surface area contributed by atoms with Crippen LogP contribution in [0.1, 0.15) is 24.8 Å². The fourth-order valence-corrected chi connectivity index (χ4v) is 4.04. The molecule has 0 bridgehead atoms.